The van der Waals surface area contributed by atoms with Crippen molar-refractivity contribution >= 4 is 28.6 Å². The van der Waals surface area contributed by atoms with Crippen molar-refractivity contribution in [1.82, 2.24) is 4.98 Å². The van der Waals surface area contributed by atoms with Gasteiger partial charge in [0.1, 0.15) is 5.75 Å². The van der Waals surface area contributed by atoms with Gasteiger partial charge >= 0.3 is 22.9 Å². The Morgan fingerprint density at radius 2 is 1.95 bits per heavy atom. The lowest BCUT2D eigenvalue weighted by atomic mass is 10.2. The molecule has 0 radical (unpaired) electrons. The van der Waals surface area contributed by atoms with Crippen LogP contribution in [0.15, 0.2) is 42.5 Å². The van der Waals surface area contributed by atoms with Gasteiger partial charge in [-0.2, -0.15) is 0 Å². The topological polar surface area (TPSA) is 45.4 Å². The third-order valence-electron chi connectivity index (χ3n) is 2.81. The predicted octanol–water partition coefficient (Wildman–Crippen LogP) is 3.40. The first-order chi connectivity index (χ1) is 9.58. The summed E-state index contributed by atoms with van der Waals surface area (Å²) in [7, 11) is 0. The molecule has 0 amide bonds. The Hall–Kier alpha value is -1.63. The van der Waals surface area contributed by atoms with Gasteiger partial charge in [-0.05, 0) is 24.6 Å². The fraction of sp³-hybridized carbons (Fsp3) is 0.200. The van der Waals surface area contributed by atoms with Gasteiger partial charge in [0.25, 0.3) is 5.71 Å². The zero-order valence-corrected chi connectivity index (χ0v) is 13.5. The molecule has 0 atom stereocenters. The SMILES string of the molecule is CC(c1nc(C)ccc1O)=[N+](I)OCc1ccccc1. The van der Waals surface area contributed by atoms with Gasteiger partial charge in [0.2, 0.25) is 0 Å². The molecule has 2 aromatic rings. The van der Waals surface area contributed by atoms with Crippen LogP contribution in [0.1, 0.15) is 23.9 Å². The van der Waals surface area contributed by atoms with Gasteiger partial charge in [-0.3, -0.25) is 4.84 Å². The number of halogens is 1. The molecule has 0 saturated carbocycles. The minimum atomic E-state index is 0.151. The maximum atomic E-state index is 9.87. The van der Waals surface area contributed by atoms with E-state index in [1.54, 1.807) is 15.1 Å². The summed E-state index contributed by atoms with van der Waals surface area (Å²) in [6.07, 6.45) is 0. The van der Waals surface area contributed by atoms with Crippen molar-refractivity contribution < 1.29 is 12.9 Å². The van der Waals surface area contributed by atoms with E-state index >= 15 is 0 Å². The van der Waals surface area contributed by atoms with Crippen LogP contribution >= 0.6 is 22.9 Å². The highest BCUT2D eigenvalue weighted by atomic mass is 127. The zero-order chi connectivity index (χ0) is 14.5. The van der Waals surface area contributed by atoms with Crippen LogP contribution in [0.2, 0.25) is 0 Å². The molecule has 1 aromatic carbocycles. The number of hydrogen-bond acceptors (Lipinski definition) is 3. The largest absolute Gasteiger partial charge is 0.505 e. The standard InChI is InChI=1S/C15H15IN2O2/c1-11-8-9-14(19)15(17-11)12(2)18(16)20-10-13-6-4-3-5-7-13/h3-9H,10H2,1-2H3/p+1. The first kappa shape index (κ1) is 14.8. The van der Waals surface area contributed by atoms with E-state index in [4.69, 9.17) is 4.84 Å². The Morgan fingerprint density at radius 1 is 1.25 bits per heavy atom. The van der Waals surface area contributed by atoms with Crippen LogP contribution < -0.4 is 0 Å². The van der Waals surface area contributed by atoms with Crippen LogP contribution in [0, 0.1) is 6.92 Å². The van der Waals surface area contributed by atoms with E-state index in [1.807, 2.05) is 67.0 Å². The molecule has 1 heterocycles. The Balaban J connectivity index is 2.16. The third-order valence-corrected chi connectivity index (χ3v) is 3.81. The highest BCUT2D eigenvalue weighted by Gasteiger charge is 2.18. The van der Waals surface area contributed by atoms with E-state index in [-0.39, 0.29) is 5.75 Å². The molecule has 0 aliphatic rings. The van der Waals surface area contributed by atoms with Crippen molar-refractivity contribution in [3.05, 3.63) is 59.4 Å². The number of aromatic hydroxyl groups is 1. The minimum absolute atomic E-state index is 0.151. The van der Waals surface area contributed by atoms with Gasteiger partial charge in [0.05, 0.1) is 0 Å². The van der Waals surface area contributed by atoms with Crippen LogP contribution in [0.25, 0.3) is 0 Å². The molecule has 5 heteroatoms. The fourth-order valence-corrected chi connectivity index (χ4v) is 2.07. The molecular weight excluding hydrogens is 367 g/mol. The molecule has 1 aromatic heterocycles. The zero-order valence-electron chi connectivity index (χ0n) is 11.4. The number of aryl methyl sites for hydroxylation is 1. The summed E-state index contributed by atoms with van der Waals surface area (Å²) in [5.41, 5.74) is 3.23. The molecule has 0 fully saturated rings. The van der Waals surface area contributed by atoms with E-state index in [2.05, 4.69) is 4.98 Å². The second-order valence-electron chi connectivity index (χ2n) is 4.41. The Bertz CT molecular complexity index is 627. The molecule has 20 heavy (non-hydrogen) atoms. The molecule has 1 N–H and O–H groups in total. The Labute approximate surface area is 132 Å². The second kappa shape index (κ2) is 6.69. The van der Waals surface area contributed by atoms with Gasteiger partial charge < -0.3 is 5.11 Å². The quantitative estimate of drug-likeness (QED) is 0.381. The van der Waals surface area contributed by atoms with Crippen LogP contribution in [0.5, 0.6) is 5.75 Å². The van der Waals surface area contributed by atoms with Crippen molar-refractivity contribution in [3.8, 4) is 5.75 Å². The second-order valence-corrected chi connectivity index (χ2v) is 5.29. The lowest BCUT2D eigenvalue weighted by Crippen LogP contribution is -2.13. The number of benzene rings is 1. The highest BCUT2D eigenvalue weighted by Crippen LogP contribution is 2.17. The monoisotopic (exact) mass is 383 g/mol. The lowest BCUT2D eigenvalue weighted by molar-refractivity contribution is -0.635. The van der Waals surface area contributed by atoms with Crippen molar-refractivity contribution in [3.63, 3.8) is 0 Å². The predicted molar refractivity (Wildman–Crippen MR) is 85.9 cm³/mol. The fourth-order valence-electron chi connectivity index (χ4n) is 1.70. The molecule has 104 valence electrons. The molecule has 0 unspecified atom stereocenters. The molecule has 0 saturated heterocycles. The molecule has 0 aliphatic carbocycles. The number of rotatable bonds is 4. The molecule has 0 bridgehead atoms. The van der Waals surface area contributed by atoms with Gasteiger partial charge in [0, 0.05) is 15.6 Å². The summed E-state index contributed by atoms with van der Waals surface area (Å²) in [5.74, 6) is 0.151. The summed E-state index contributed by atoms with van der Waals surface area (Å²) >= 11 is 2.05. The number of hydrogen-bond donors (Lipinski definition) is 1. The summed E-state index contributed by atoms with van der Waals surface area (Å²) in [6.45, 7) is 4.21. The minimum Gasteiger partial charge on any atom is -0.505 e. The molecule has 2 rings (SSSR count). The van der Waals surface area contributed by atoms with Gasteiger partial charge in [-0.25, -0.2) is 4.98 Å². The van der Waals surface area contributed by atoms with Crippen molar-refractivity contribution in [2.45, 2.75) is 20.5 Å². The van der Waals surface area contributed by atoms with Crippen molar-refractivity contribution in [1.29, 1.82) is 0 Å². The third kappa shape index (κ3) is 3.69. The smallest absolute Gasteiger partial charge is 0.407 e. The number of pyridine rings is 1. The van der Waals surface area contributed by atoms with E-state index < -0.39 is 0 Å². The highest BCUT2D eigenvalue weighted by molar-refractivity contribution is 14.1. The van der Waals surface area contributed by atoms with E-state index in [1.165, 1.54) is 0 Å². The van der Waals surface area contributed by atoms with Crippen LogP contribution in [-0.2, 0) is 11.4 Å². The summed E-state index contributed by atoms with van der Waals surface area (Å²) in [4.78, 5) is 10.0. The van der Waals surface area contributed by atoms with Crippen LogP contribution in [0.4, 0.5) is 0 Å². The van der Waals surface area contributed by atoms with E-state index in [0.29, 0.717) is 12.3 Å². The maximum Gasteiger partial charge on any atom is 0.407 e. The Kier molecular flexibility index (Phi) is 4.94. The average Bonchev–Trinajstić information content (AvgIpc) is 2.47. The van der Waals surface area contributed by atoms with Gasteiger partial charge in [0.15, 0.2) is 12.3 Å². The van der Waals surface area contributed by atoms with E-state index in [9.17, 15) is 5.11 Å². The number of aromatic nitrogens is 1. The summed E-state index contributed by atoms with van der Waals surface area (Å²) in [6, 6.07) is 13.3. The normalized spacial score (nSPS) is 11.9. The van der Waals surface area contributed by atoms with Crippen molar-refractivity contribution in [2.75, 3.05) is 0 Å². The van der Waals surface area contributed by atoms with Crippen LogP contribution in [0.3, 0.4) is 0 Å². The van der Waals surface area contributed by atoms with Gasteiger partial charge in [-0.1, -0.05) is 30.3 Å². The summed E-state index contributed by atoms with van der Waals surface area (Å²) < 4.78 is 1.60. The molecule has 0 spiro atoms. The molecular formula is C15H16IN2O2+. The maximum absolute atomic E-state index is 9.87. The summed E-state index contributed by atoms with van der Waals surface area (Å²) in [5, 5.41) is 9.87. The number of nitrogens with zero attached hydrogens (tertiary/aromatic N) is 2. The Morgan fingerprint density at radius 3 is 2.65 bits per heavy atom. The first-order valence-electron chi connectivity index (χ1n) is 6.21. The molecule has 0 aliphatic heterocycles. The average molecular weight is 383 g/mol. The van der Waals surface area contributed by atoms with E-state index in [0.717, 1.165) is 17.0 Å². The van der Waals surface area contributed by atoms with Gasteiger partial charge in [-0.15, -0.1) is 0 Å². The van der Waals surface area contributed by atoms with Crippen LogP contribution in [-0.4, -0.2) is 18.8 Å². The first-order valence-corrected chi connectivity index (χ1v) is 7.17. The molecule has 4 nitrogen and oxygen atoms in total. The van der Waals surface area contributed by atoms with Crippen molar-refractivity contribution in [2.24, 2.45) is 0 Å². The lowest BCUT2D eigenvalue weighted by Gasteiger charge is -2.03.